The summed E-state index contributed by atoms with van der Waals surface area (Å²) < 4.78 is 0. The molecule has 0 saturated heterocycles. The highest BCUT2D eigenvalue weighted by molar-refractivity contribution is 7.12. The Morgan fingerprint density at radius 2 is 1.79 bits per heavy atom. The Morgan fingerprint density at radius 1 is 1.03 bits per heavy atom. The van der Waals surface area contributed by atoms with E-state index in [4.69, 9.17) is 11.6 Å². The monoisotopic (exact) mass is 496 g/mol. The van der Waals surface area contributed by atoms with E-state index in [1.165, 1.54) is 29.5 Å². The van der Waals surface area contributed by atoms with Gasteiger partial charge in [0.1, 0.15) is 6.04 Å². The highest BCUT2D eigenvalue weighted by atomic mass is 35.5. The van der Waals surface area contributed by atoms with E-state index in [9.17, 15) is 24.3 Å². The first-order chi connectivity index (χ1) is 16.3. The second-order valence-electron chi connectivity index (χ2n) is 7.97. The smallest absolute Gasteiger partial charge is 0.328 e. The van der Waals surface area contributed by atoms with Gasteiger partial charge in [-0.3, -0.25) is 14.4 Å². The minimum atomic E-state index is -1.35. The third-order valence-electron chi connectivity index (χ3n) is 5.67. The Balaban J connectivity index is 1.38. The Hall–Kier alpha value is -3.49. The normalized spacial score (nSPS) is 17.4. The van der Waals surface area contributed by atoms with Crippen LogP contribution in [-0.2, 0) is 4.79 Å². The molecule has 174 valence electrons. The third kappa shape index (κ3) is 5.35. The molecule has 1 fully saturated rings. The molecule has 1 heterocycles. The number of ketones is 1. The molecule has 3 aromatic rings. The van der Waals surface area contributed by atoms with Crippen LogP contribution in [0.2, 0.25) is 5.02 Å². The molecule has 1 aromatic heterocycles. The molecule has 3 N–H and O–H groups in total. The van der Waals surface area contributed by atoms with Crippen LogP contribution >= 0.6 is 22.9 Å². The van der Waals surface area contributed by atoms with Gasteiger partial charge in [0, 0.05) is 18.0 Å². The Bertz CT molecular complexity index is 1230. The fourth-order valence-corrected chi connectivity index (χ4v) is 4.65. The van der Waals surface area contributed by atoms with Gasteiger partial charge in [0.15, 0.2) is 5.78 Å². The van der Waals surface area contributed by atoms with Crippen molar-refractivity contribution in [2.45, 2.75) is 18.4 Å². The minimum Gasteiger partial charge on any atom is -0.480 e. The zero-order valence-electron chi connectivity index (χ0n) is 17.9. The van der Waals surface area contributed by atoms with Crippen molar-refractivity contribution < 1.29 is 24.3 Å². The molecular weight excluding hydrogens is 476 g/mol. The van der Waals surface area contributed by atoms with Crippen molar-refractivity contribution in [3.05, 3.63) is 92.6 Å². The topological polar surface area (TPSA) is 113 Å². The molecule has 0 radical (unpaired) electrons. The third-order valence-corrected chi connectivity index (χ3v) is 6.85. The molecule has 4 rings (SSSR count). The number of halogens is 1. The summed E-state index contributed by atoms with van der Waals surface area (Å²) >= 11 is 7.50. The molecule has 2 aromatic carbocycles. The summed E-state index contributed by atoms with van der Waals surface area (Å²) in [5.41, 5.74) is 1.57. The van der Waals surface area contributed by atoms with Gasteiger partial charge in [0.2, 0.25) is 0 Å². The lowest BCUT2D eigenvalue weighted by molar-refractivity contribution is -0.139. The maximum Gasteiger partial charge on any atom is 0.328 e. The van der Waals surface area contributed by atoms with Crippen molar-refractivity contribution in [1.82, 2.24) is 10.6 Å². The van der Waals surface area contributed by atoms with Crippen molar-refractivity contribution in [2.24, 2.45) is 5.92 Å². The lowest BCUT2D eigenvalue weighted by Crippen LogP contribution is -2.48. The van der Waals surface area contributed by atoms with E-state index in [2.05, 4.69) is 10.6 Å². The summed E-state index contributed by atoms with van der Waals surface area (Å²) in [6.45, 7) is -0.297. The van der Waals surface area contributed by atoms with E-state index < -0.39 is 23.8 Å². The van der Waals surface area contributed by atoms with E-state index in [1.807, 2.05) is 30.3 Å². The van der Waals surface area contributed by atoms with E-state index in [-0.39, 0.29) is 34.7 Å². The number of benzene rings is 2. The number of carboxylic acid groups (broad SMARTS) is 1. The second-order valence-corrected chi connectivity index (χ2v) is 9.32. The predicted molar refractivity (Wildman–Crippen MR) is 129 cm³/mol. The van der Waals surface area contributed by atoms with Crippen LogP contribution in [0.1, 0.15) is 48.3 Å². The van der Waals surface area contributed by atoms with Crippen LogP contribution in [0, 0.1) is 5.92 Å². The zero-order chi connectivity index (χ0) is 24.2. The van der Waals surface area contributed by atoms with Crippen LogP contribution in [0.3, 0.4) is 0 Å². The summed E-state index contributed by atoms with van der Waals surface area (Å²) in [6, 6.07) is 16.2. The van der Waals surface area contributed by atoms with Crippen LogP contribution in [0.5, 0.6) is 0 Å². The van der Waals surface area contributed by atoms with Gasteiger partial charge in [-0.25, -0.2) is 4.79 Å². The number of Topliss-reactive ketones (excluding diaryl/α,β-unsaturated/α-hetero) is 1. The summed E-state index contributed by atoms with van der Waals surface area (Å²) in [4.78, 5) is 49.6. The fourth-order valence-electron chi connectivity index (χ4n) is 3.75. The standard InChI is InChI=1S/C25H21ClN2O5S/c26-19-11-15(22(29)18-12-17(18)14-5-2-1-3-6-14)8-9-16(19)23(30)28-20(25(32)33)13-27-24(31)21-7-4-10-34-21/h1-11,17-18,20H,12-13H2,(H,27,31)(H,28,30)(H,32,33)/t17?,18-,20-/m0/s1. The number of amides is 2. The average molecular weight is 497 g/mol. The highest BCUT2D eigenvalue weighted by Gasteiger charge is 2.44. The van der Waals surface area contributed by atoms with Gasteiger partial charge in [0.05, 0.1) is 15.5 Å². The largest absolute Gasteiger partial charge is 0.480 e. The van der Waals surface area contributed by atoms with E-state index in [0.29, 0.717) is 10.4 Å². The maximum atomic E-state index is 12.9. The molecule has 0 spiro atoms. The van der Waals surface area contributed by atoms with Gasteiger partial charge < -0.3 is 15.7 Å². The van der Waals surface area contributed by atoms with Crippen molar-refractivity contribution in [2.75, 3.05) is 6.54 Å². The fraction of sp³-hybridized carbons (Fsp3) is 0.200. The number of thiophene rings is 1. The zero-order valence-corrected chi connectivity index (χ0v) is 19.4. The van der Waals surface area contributed by atoms with Gasteiger partial charge in [0.25, 0.3) is 11.8 Å². The van der Waals surface area contributed by atoms with Crippen molar-refractivity contribution in [3.8, 4) is 0 Å². The van der Waals surface area contributed by atoms with Crippen molar-refractivity contribution in [3.63, 3.8) is 0 Å². The molecule has 1 saturated carbocycles. The SMILES string of the molecule is O=C(NC[C@H](NC(=O)c1ccc(C(=O)[C@H]2CC2c2ccccc2)cc1Cl)C(=O)O)c1cccs1. The molecule has 0 aliphatic heterocycles. The lowest BCUT2D eigenvalue weighted by Gasteiger charge is -2.16. The molecule has 1 aliphatic rings. The maximum absolute atomic E-state index is 12.9. The van der Waals surface area contributed by atoms with Crippen LogP contribution < -0.4 is 10.6 Å². The predicted octanol–water partition coefficient (Wildman–Crippen LogP) is 4.00. The average Bonchev–Trinajstić information content (AvgIpc) is 3.44. The molecule has 3 atom stereocenters. The summed E-state index contributed by atoms with van der Waals surface area (Å²) in [7, 11) is 0. The number of rotatable bonds is 9. The van der Waals surface area contributed by atoms with Crippen LogP contribution in [-0.4, -0.2) is 41.3 Å². The molecule has 9 heteroatoms. The summed E-state index contributed by atoms with van der Waals surface area (Å²) in [5.74, 6) is -2.43. The van der Waals surface area contributed by atoms with Gasteiger partial charge in [-0.2, -0.15) is 0 Å². The number of aliphatic carboxylic acids is 1. The molecule has 2 amide bonds. The molecule has 7 nitrogen and oxygen atoms in total. The van der Waals surface area contributed by atoms with E-state index in [0.717, 1.165) is 12.0 Å². The van der Waals surface area contributed by atoms with Gasteiger partial charge >= 0.3 is 5.97 Å². The first kappa shape index (κ1) is 23.7. The molecule has 1 unspecified atom stereocenters. The van der Waals surface area contributed by atoms with E-state index >= 15 is 0 Å². The molecule has 0 bridgehead atoms. The first-order valence-electron chi connectivity index (χ1n) is 10.6. The molecule has 1 aliphatic carbocycles. The number of hydrogen-bond donors (Lipinski definition) is 3. The van der Waals surface area contributed by atoms with Gasteiger partial charge in [-0.1, -0.05) is 54.1 Å². The van der Waals surface area contributed by atoms with Crippen molar-refractivity contribution in [1.29, 1.82) is 0 Å². The Kier molecular flexibility index (Phi) is 7.09. The first-order valence-corrected chi connectivity index (χ1v) is 11.8. The van der Waals surface area contributed by atoms with Crippen LogP contribution in [0.4, 0.5) is 0 Å². The van der Waals surface area contributed by atoms with Crippen LogP contribution in [0.25, 0.3) is 0 Å². The number of nitrogens with one attached hydrogen (secondary N) is 2. The van der Waals surface area contributed by atoms with Crippen LogP contribution in [0.15, 0.2) is 66.0 Å². The number of carbonyl (C=O) groups is 4. The number of carbonyl (C=O) groups excluding carboxylic acids is 3. The van der Waals surface area contributed by atoms with Gasteiger partial charge in [-0.15, -0.1) is 11.3 Å². The van der Waals surface area contributed by atoms with Gasteiger partial charge in [-0.05, 0) is 41.5 Å². The van der Waals surface area contributed by atoms with E-state index in [1.54, 1.807) is 17.5 Å². The highest BCUT2D eigenvalue weighted by Crippen LogP contribution is 2.49. The summed E-state index contributed by atoms with van der Waals surface area (Å²) in [5, 5.41) is 16.1. The Morgan fingerprint density at radius 3 is 2.44 bits per heavy atom. The number of carboxylic acids is 1. The van der Waals surface area contributed by atoms with Crippen molar-refractivity contribution >= 4 is 46.5 Å². The molecular formula is C25H21ClN2O5S. The number of hydrogen-bond acceptors (Lipinski definition) is 5. The summed E-state index contributed by atoms with van der Waals surface area (Å²) in [6.07, 6.45) is 0.764. The quantitative estimate of drug-likeness (QED) is 0.387. The molecule has 34 heavy (non-hydrogen) atoms. The minimum absolute atomic E-state index is 0.0394. The Labute approximate surface area is 204 Å². The second kappa shape index (κ2) is 10.2. The lowest BCUT2D eigenvalue weighted by atomic mass is 10.0.